The summed E-state index contributed by atoms with van der Waals surface area (Å²) in [4.78, 5) is 5.10. The van der Waals surface area contributed by atoms with Crippen molar-refractivity contribution in [2.24, 2.45) is 0 Å². The van der Waals surface area contributed by atoms with E-state index in [2.05, 4.69) is 134 Å². The number of hydrogen-bond donors (Lipinski definition) is 0. The Morgan fingerprint density at radius 3 is 2.07 bits per heavy atom. The fourth-order valence-corrected chi connectivity index (χ4v) is 9.60. The Kier molecular flexibility index (Phi) is 4.69. The average molecular weight is 582 g/mol. The molecule has 208 valence electrons. The van der Waals surface area contributed by atoms with Crippen LogP contribution in [-0.2, 0) is 0 Å². The van der Waals surface area contributed by atoms with Crippen molar-refractivity contribution in [3.05, 3.63) is 119 Å². The van der Waals surface area contributed by atoms with Gasteiger partial charge < -0.3 is 9.05 Å². The minimum Gasteiger partial charge on any atom is -0.375 e. The van der Waals surface area contributed by atoms with Gasteiger partial charge >= 0.3 is 6.85 Å². The van der Waals surface area contributed by atoms with Gasteiger partial charge in [0.2, 0.25) is 0 Å². The summed E-state index contributed by atoms with van der Waals surface area (Å²) in [5.74, 6) is 0. The lowest BCUT2D eigenvalue weighted by molar-refractivity contribution is 1.17. The third-order valence-corrected chi connectivity index (χ3v) is 11.0. The van der Waals surface area contributed by atoms with Crippen LogP contribution in [0, 0.1) is 27.7 Å². The molecule has 0 atom stereocenters. The number of fused-ring (bicyclic) bond motifs is 12. The highest BCUT2D eigenvalue weighted by atomic mass is 32.1. The number of hydrogen-bond acceptors (Lipinski definition) is 2. The number of para-hydroxylation sites is 2. The van der Waals surface area contributed by atoms with E-state index in [9.17, 15) is 0 Å². The molecule has 10 rings (SSSR count). The summed E-state index contributed by atoms with van der Waals surface area (Å²) in [6.07, 6.45) is 2.11. The molecule has 4 aromatic heterocycles. The highest BCUT2D eigenvalue weighted by Crippen LogP contribution is 2.43. The third kappa shape index (κ3) is 2.95. The molecular weight excluding hydrogens is 553 g/mol. The second kappa shape index (κ2) is 8.40. The molecule has 0 aliphatic carbocycles. The molecule has 0 amide bonds. The van der Waals surface area contributed by atoms with Crippen molar-refractivity contribution in [3.63, 3.8) is 0 Å². The lowest BCUT2D eigenvalue weighted by Crippen LogP contribution is -2.53. The fourth-order valence-electron chi connectivity index (χ4n) is 8.38. The first-order valence-electron chi connectivity index (χ1n) is 15.3. The van der Waals surface area contributed by atoms with Crippen molar-refractivity contribution in [3.8, 4) is 5.69 Å². The number of aryl methyl sites for hydroxylation is 4. The minimum atomic E-state index is 0.0281. The normalized spacial score (nSPS) is 13.0. The van der Waals surface area contributed by atoms with Crippen LogP contribution in [0.3, 0.4) is 0 Å². The minimum absolute atomic E-state index is 0.0281. The Bertz CT molecular complexity index is 2660. The molecule has 0 radical (unpaired) electrons. The van der Waals surface area contributed by atoms with Crippen LogP contribution in [0.4, 0.5) is 0 Å². The fraction of sp³-hybridized carbons (Fsp3) is 0.103. The van der Waals surface area contributed by atoms with E-state index in [1.165, 1.54) is 97.3 Å². The maximum absolute atomic E-state index is 5.10. The van der Waals surface area contributed by atoms with E-state index < -0.39 is 0 Å². The second-order valence-electron chi connectivity index (χ2n) is 12.7. The lowest BCUT2D eigenvalue weighted by atomic mass is 9.48. The molecule has 0 fully saturated rings. The van der Waals surface area contributed by atoms with Gasteiger partial charge in [0, 0.05) is 48.4 Å². The van der Waals surface area contributed by atoms with Gasteiger partial charge in [-0.15, -0.1) is 11.3 Å². The van der Waals surface area contributed by atoms with E-state index >= 15 is 0 Å². The molecule has 0 saturated heterocycles. The average Bonchev–Trinajstić information content (AvgIpc) is 3.66. The van der Waals surface area contributed by atoms with Crippen LogP contribution in [0.2, 0.25) is 0 Å². The van der Waals surface area contributed by atoms with E-state index in [0.29, 0.717) is 0 Å². The smallest absolute Gasteiger partial charge is 0.332 e. The van der Waals surface area contributed by atoms with E-state index in [1.807, 2.05) is 11.3 Å². The predicted molar refractivity (Wildman–Crippen MR) is 190 cm³/mol. The van der Waals surface area contributed by atoms with Crippen LogP contribution in [0.15, 0.2) is 97.2 Å². The van der Waals surface area contributed by atoms with Crippen LogP contribution >= 0.6 is 11.3 Å². The molecule has 0 saturated carbocycles. The van der Waals surface area contributed by atoms with E-state index in [0.717, 1.165) is 5.52 Å². The first-order valence-corrected chi connectivity index (χ1v) is 16.2. The summed E-state index contributed by atoms with van der Waals surface area (Å²) in [6, 6.07) is 34.1. The Labute approximate surface area is 259 Å². The van der Waals surface area contributed by atoms with Crippen molar-refractivity contribution >= 4 is 93.0 Å². The van der Waals surface area contributed by atoms with Gasteiger partial charge in [-0.05, 0) is 74.0 Å². The zero-order valence-electron chi connectivity index (χ0n) is 25.1. The van der Waals surface area contributed by atoms with Crippen molar-refractivity contribution in [2.45, 2.75) is 27.7 Å². The van der Waals surface area contributed by atoms with Gasteiger partial charge in [0.15, 0.2) is 0 Å². The van der Waals surface area contributed by atoms with Crippen LogP contribution in [0.1, 0.15) is 22.3 Å². The molecule has 5 heterocycles. The molecule has 0 unspecified atom stereocenters. The first-order chi connectivity index (χ1) is 21.5. The Balaban J connectivity index is 1.42. The summed E-state index contributed by atoms with van der Waals surface area (Å²) < 4.78 is 7.71. The molecule has 44 heavy (non-hydrogen) atoms. The van der Waals surface area contributed by atoms with E-state index in [1.54, 1.807) is 0 Å². The van der Waals surface area contributed by atoms with Crippen LogP contribution in [0.25, 0.3) is 69.6 Å². The SMILES string of the molecule is Cc1cc(C)c2c(c1)c1cc(C)cc(C)c1n2B1c2ccccc2-n2c3cnc4c5ccccc5sc4c3c3cccc1c32. The number of thiophene rings is 1. The maximum Gasteiger partial charge on any atom is 0.332 e. The summed E-state index contributed by atoms with van der Waals surface area (Å²) in [5.41, 5.74) is 15.4. The zero-order valence-corrected chi connectivity index (χ0v) is 25.9. The number of aromatic nitrogens is 3. The van der Waals surface area contributed by atoms with E-state index in [-0.39, 0.29) is 6.85 Å². The van der Waals surface area contributed by atoms with Gasteiger partial charge in [-0.3, -0.25) is 4.98 Å². The lowest BCUT2D eigenvalue weighted by Gasteiger charge is -2.29. The molecule has 3 nitrogen and oxygen atoms in total. The van der Waals surface area contributed by atoms with Crippen LogP contribution in [-0.4, -0.2) is 20.9 Å². The molecule has 0 bridgehead atoms. The first kappa shape index (κ1) is 24.6. The zero-order chi connectivity index (χ0) is 29.4. The highest BCUT2D eigenvalue weighted by Gasteiger charge is 2.37. The second-order valence-corrected chi connectivity index (χ2v) is 13.7. The highest BCUT2D eigenvalue weighted by molar-refractivity contribution is 7.26. The maximum atomic E-state index is 5.10. The monoisotopic (exact) mass is 581 g/mol. The summed E-state index contributed by atoms with van der Waals surface area (Å²) in [5, 5.41) is 6.54. The Hall–Kier alpha value is -4.87. The van der Waals surface area contributed by atoms with Gasteiger partial charge in [0.25, 0.3) is 0 Å². The Morgan fingerprint density at radius 1 is 0.636 bits per heavy atom. The molecule has 5 heteroatoms. The third-order valence-electron chi connectivity index (χ3n) is 9.86. The summed E-state index contributed by atoms with van der Waals surface area (Å²) in [6.45, 7) is 9.03. The topological polar surface area (TPSA) is 22.8 Å². The number of pyridine rings is 1. The van der Waals surface area contributed by atoms with E-state index in [4.69, 9.17) is 4.98 Å². The largest absolute Gasteiger partial charge is 0.375 e. The van der Waals surface area contributed by atoms with Gasteiger partial charge in [0.1, 0.15) is 0 Å². The van der Waals surface area contributed by atoms with Crippen molar-refractivity contribution in [1.82, 2.24) is 14.0 Å². The van der Waals surface area contributed by atoms with Gasteiger partial charge in [0.05, 0.1) is 27.4 Å². The predicted octanol–water partition coefficient (Wildman–Crippen LogP) is 8.86. The number of benzene rings is 5. The summed E-state index contributed by atoms with van der Waals surface area (Å²) >= 11 is 1.87. The molecule has 1 aliphatic heterocycles. The molecule has 1 aliphatic rings. The van der Waals surface area contributed by atoms with Crippen LogP contribution in [0.5, 0.6) is 0 Å². The van der Waals surface area contributed by atoms with Crippen molar-refractivity contribution < 1.29 is 0 Å². The molecular formula is C39H28BN3S. The standard InChI is InChI=1S/C39H28BN3S/c1-21-16-23(3)36-27(18-21)28-19-22(2)17-24(4)37(28)43(36)40-29-12-6-7-14-31(29)42-32-20-41-35-25-10-5-8-15-33(25)44-39(35)34(32)26-11-9-13-30(40)38(26)42/h5-20H,1-4H3. The molecule has 0 N–H and O–H groups in total. The molecule has 9 aromatic rings. The van der Waals surface area contributed by atoms with Crippen LogP contribution < -0.4 is 10.9 Å². The summed E-state index contributed by atoms with van der Waals surface area (Å²) in [7, 11) is 0. The molecule has 5 aromatic carbocycles. The Morgan fingerprint density at radius 2 is 1.30 bits per heavy atom. The van der Waals surface area contributed by atoms with Crippen molar-refractivity contribution in [1.29, 1.82) is 0 Å². The van der Waals surface area contributed by atoms with Gasteiger partial charge in [-0.2, -0.15) is 0 Å². The molecule has 0 spiro atoms. The quantitative estimate of drug-likeness (QED) is 0.178. The van der Waals surface area contributed by atoms with Gasteiger partial charge in [-0.25, -0.2) is 0 Å². The van der Waals surface area contributed by atoms with Crippen molar-refractivity contribution in [2.75, 3.05) is 0 Å². The number of rotatable bonds is 1. The van der Waals surface area contributed by atoms with Gasteiger partial charge in [-0.1, -0.05) is 77.9 Å². The number of nitrogens with zero attached hydrogens (tertiary/aromatic N) is 3.